The molecule has 166 valence electrons. The summed E-state index contributed by atoms with van der Waals surface area (Å²) < 4.78 is 68.7. The number of aromatic nitrogens is 1. The van der Waals surface area contributed by atoms with Crippen molar-refractivity contribution in [3.05, 3.63) is 52.8 Å². The van der Waals surface area contributed by atoms with Gasteiger partial charge in [-0.05, 0) is 54.2 Å². The van der Waals surface area contributed by atoms with Gasteiger partial charge in [-0.1, -0.05) is 6.42 Å². The number of nitrogens with zero attached hydrogens (tertiary/aromatic N) is 2. The molecule has 1 fully saturated rings. The lowest BCUT2D eigenvalue weighted by Gasteiger charge is -2.26. The summed E-state index contributed by atoms with van der Waals surface area (Å²) in [5.74, 6) is 0.175. The van der Waals surface area contributed by atoms with Gasteiger partial charge in [-0.25, -0.2) is 8.42 Å². The van der Waals surface area contributed by atoms with Crippen molar-refractivity contribution >= 4 is 15.7 Å². The van der Waals surface area contributed by atoms with E-state index in [4.69, 9.17) is 4.74 Å². The number of alkyl halides is 3. The van der Waals surface area contributed by atoms with Crippen LogP contribution in [-0.4, -0.2) is 37.1 Å². The number of ether oxygens (including phenoxy) is 1. The Morgan fingerprint density at radius 2 is 1.90 bits per heavy atom. The van der Waals surface area contributed by atoms with E-state index < -0.39 is 27.6 Å². The smallest absolute Gasteiger partial charge is 0.433 e. The van der Waals surface area contributed by atoms with Crippen LogP contribution in [0, 0.1) is 5.92 Å². The molecule has 6 nitrogen and oxygen atoms in total. The maximum absolute atomic E-state index is 13.2. The topological polar surface area (TPSA) is 76.6 Å². The van der Waals surface area contributed by atoms with Crippen LogP contribution in [0.1, 0.15) is 46.4 Å². The molecule has 0 bridgehead atoms. The van der Waals surface area contributed by atoms with Crippen molar-refractivity contribution in [3.8, 4) is 5.75 Å². The van der Waals surface area contributed by atoms with E-state index in [9.17, 15) is 26.4 Å². The first-order valence-corrected chi connectivity index (χ1v) is 11.7. The molecule has 0 radical (unpaired) electrons. The number of sulfone groups is 1. The van der Waals surface area contributed by atoms with Crippen LogP contribution in [0.4, 0.5) is 13.2 Å². The second kappa shape index (κ2) is 7.81. The summed E-state index contributed by atoms with van der Waals surface area (Å²) in [6.07, 6.45) is 0.820. The minimum absolute atomic E-state index is 0.0229. The van der Waals surface area contributed by atoms with Gasteiger partial charge in [0.05, 0.1) is 17.1 Å². The zero-order chi connectivity index (χ0) is 22.4. The van der Waals surface area contributed by atoms with Crippen LogP contribution in [0.3, 0.4) is 0 Å². The van der Waals surface area contributed by atoms with Gasteiger partial charge in [-0.3, -0.25) is 9.78 Å². The molecule has 2 aromatic rings. The molecule has 0 spiro atoms. The molecule has 0 atom stereocenters. The first-order valence-electron chi connectivity index (χ1n) is 9.83. The summed E-state index contributed by atoms with van der Waals surface area (Å²) in [6, 6.07) is 5.08. The van der Waals surface area contributed by atoms with Gasteiger partial charge < -0.3 is 9.64 Å². The van der Waals surface area contributed by atoms with E-state index in [0.717, 1.165) is 37.8 Å². The van der Waals surface area contributed by atoms with Crippen LogP contribution in [0.2, 0.25) is 0 Å². The first-order chi connectivity index (χ1) is 14.5. The molecule has 0 saturated heterocycles. The van der Waals surface area contributed by atoms with E-state index in [2.05, 4.69) is 4.98 Å². The van der Waals surface area contributed by atoms with Gasteiger partial charge >= 0.3 is 6.18 Å². The van der Waals surface area contributed by atoms with Crippen LogP contribution in [0.25, 0.3) is 0 Å². The summed E-state index contributed by atoms with van der Waals surface area (Å²) in [4.78, 5) is 18.0. The Morgan fingerprint density at radius 1 is 1.19 bits per heavy atom. The zero-order valence-corrected chi connectivity index (χ0v) is 17.6. The predicted octanol–water partition coefficient (Wildman–Crippen LogP) is 3.84. The molecule has 4 rings (SSSR count). The first kappa shape index (κ1) is 21.6. The number of halogens is 3. The molecule has 1 aliphatic heterocycles. The molecular formula is C21H21F3N2O4S. The number of fused-ring (bicyclic) bond motifs is 1. The van der Waals surface area contributed by atoms with Gasteiger partial charge in [-0.15, -0.1) is 0 Å². The molecule has 1 saturated carbocycles. The molecule has 31 heavy (non-hydrogen) atoms. The van der Waals surface area contributed by atoms with Gasteiger partial charge in [0, 0.05) is 25.5 Å². The molecule has 0 N–H and O–H groups in total. The number of benzene rings is 1. The molecule has 0 unspecified atom stereocenters. The minimum atomic E-state index is -4.57. The average molecular weight is 454 g/mol. The SMILES string of the molecule is CS(=O)(=O)c1ccc(OCC2CCC2)c(C(=O)N2Cc3cnc(C(F)(F)F)cc3C2)c1. The second-order valence-corrected chi connectivity index (χ2v) is 10.1. The van der Waals surface area contributed by atoms with E-state index in [1.165, 1.54) is 23.1 Å². The fourth-order valence-corrected chi connectivity index (χ4v) is 4.30. The van der Waals surface area contributed by atoms with E-state index >= 15 is 0 Å². The molecule has 2 aliphatic rings. The highest BCUT2D eigenvalue weighted by molar-refractivity contribution is 7.90. The van der Waals surface area contributed by atoms with Crippen molar-refractivity contribution in [1.29, 1.82) is 0 Å². The monoisotopic (exact) mass is 454 g/mol. The zero-order valence-electron chi connectivity index (χ0n) is 16.8. The summed E-state index contributed by atoms with van der Waals surface area (Å²) >= 11 is 0. The summed E-state index contributed by atoms with van der Waals surface area (Å²) in [5.41, 5.74) is -0.0346. The van der Waals surface area contributed by atoms with Crippen molar-refractivity contribution in [1.82, 2.24) is 9.88 Å². The Hall–Kier alpha value is -2.62. The standard InChI is InChI=1S/C21H21F3N2O4S/c1-31(28,29)16-5-6-18(30-12-13-3-2-4-13)17(8-16)20(27)26-10-14-7-19(21(22,23)24)25-9-15(14)11-26/h5-9,13H,2-4,10-12H2,1H3. The van der Waals surface area contributed by atoms with Crippen molar-refractivity contribution in [2.45, 2.75) is 43.4 Å². The van der Waals surface area contributed by atoms with E-state index in [1.807, 2.05) is 0 Å². The number of carbonyl (C=O) groups excluding carboxylic acids is 1. The minimum Gasteiger partial charge on any atom is -0.492 e. The number of pyridine rings is 1. The third-order valence-corrected chi connectivity index (χ3v) is 6.80. The maximum atomic E-state index is 13.2. The van der Waals surface area contributed by atoms with E-state index in [0.29, 0.717) is 23.7 Å². The van der Waals surface area contributed by atoms with Crippen molar-refractivity contribution in [2.75, 3.05) is 12.9 Å². The number of rotatable bonds is 5. The van der Waals surface area contributed by atoms with Crippen molar-refractivity contribution < 1.29 is 31.1 Å². The van der Waals surface area contributed by atoms with Crippen molar-refractivity contribution in [2.24, 2.45) is 5.92 Å². The predicted molar refractivity (Wildman–Crippen MR) is 105 cm³/mol. The molecule has 1 aliphatic carbocycles. The molecule has 2 heterocycles. The summed E-state index contributed by atoms with van der Waals surface area (Å²) in [6.45, 7) is 0.493. The van der Waals surface area contributed by atoms with E-state index in [-0.39, 0.29) is 29.3 Å². The number of hydrogen-bond donors (Lipinski definition) is 0. The maximum Gasteiger partial charge on any atom is 0.433 e. The van der Waals surface area contributed by atoms with Crippen LogP contribution in [0.15, 0.2) is 35.4 Å². The van der Waals surface area contributed by atoms with Crippen LogP contribution < -0.4 is 4.74 Å². The van der Waals surface area contributed by atoms with Crippen LogP contribution >= 0.6 is 0 Å². The number of amides is 1. The fraction of sp³-hybridized carbons (Fsp3) is 0.429. The van der Waals surface area contributed by atoms with Crippen molar-refractivity contribution in [3.63, 3.8) is 0 Å². The summed E-state index contributed by atoms with van der Waals surface area (Å²) in [5, 5.41) is 0. The Bertz CT molecular complexity index is 1130. The second-order valence-electron chi connectivity index (χ2n) is 8.04. The van der Waals surface area contributed by atoms with Gasteiger partial charge in [0.1, 0.15) is 11.4 Å². The van der Waals surface area contributed by atoms with Gasteiger partial charge in [0.15, 0.2) is 9.84 Å². The lowest BCUT2D eigenvalue weighted by atomic mass is 9.86. The highest BCUT2D eigenvalue weighted by atomic mass is 32.2. The van der Waals surface area contributed by atoms with Gasteiger partial charge in [-0.2, -0.15) is 13.2 Å². The van der Waals surface area contributed by atoms with E-state index in [1.54, 1.807) is 0 Å². The third kappa shape index (κ3) is 4.53. The molecule has 1 aromatic heterocycles. The lowest BCUT2D eigenvalue weighted by molar-refractivity contribution is -0.141. The lowest BCUT2D eigenvalue weighted by Crippen LogP contribution is -2.27. The molecule has 10 heteroatoms. The molecular weight excluding hydrogens is 433 g/mol. The number of hydrogen-bond acceptors (Lipinski definition) is 5. The van der Waals surface area contributed by atoms with Gasteiger partial charge in [0.2, 0.25) is 0 Å². The van der Waals surface area contributed by atoms with Crippen LogP contribution in [-0.2, 0) is 29.1 Å². The number of carbonyl (C=O) groups is 1. The molecule has 1 amide bonds. The van der Waals surface area contributed by atoms with Gasteiger partial charge in [0.25, 0.3) is 5.91 Å². The van der Waals surface area contributed by atoms with Crippen LogP contribution in [0.5, 0.6) is 5.75 Å². The highest BCUT2D eigenvalue weighted by Crippen LogP contribution is 2.34. The summed E-state index contributed by atoms with van der Waals surface area (Å²) in [7, 11) is -3.56. The largest absolute Gasteiger partial charge is 0.492 e. The Morgan fingerprint density at radius 3 is 2.52 bits per heavy atom. The third-order valence-electron chi connectivity index (χ3n) is 5.69. The highest BCUT2D eigenvalue weighted by Gasteiger charge is 2.35. The Labute approximate surface area is 178 Å². The Kier molecular flexibility index (Phi) is 5.45. The Balaban J connectivity index is 1.61. The normalized spacial score (nSPS) is 16.7. The quantitative estimate of drug-likeness (QED) is 0.686. The fourth-order valence-electron chi connectivity index (χ4n) is 3.65. The average Bonchev–Trinajstić information content (AvgIpc) is 3.08. The molecule has 1 aromatic carbocycles.